The van der Waals surface area contributed by atoms with Crippen LogP contribution < -0.4 is 10.1 Å². The third-order valence-electron chi connectivity index (χ3n) is 3.42. The number of hydrogen-bond acceptors (Lipinski definition) is 3. The van der Waals surface area contributed by atoms with Gasteiger partial charge < -0.3 is 15.2 Å². The summed E-state index contributed by atoms with van der Waals surface area (Å²) in [6.45, 7) is 4.03. The Labute approximate surface area is 134 Å². The van der Waals surface area contributed by atoms with Crippen molar-refractivity contribution >= 4 is 17.6 Å². The van der Waals surface area contributed by atoms with E-state index in [0.29, 0.717) is 11.3 Å². The van der Waals surface area contributed by atoms with Crippen LogP contribution in [0.5, 0.6) is 5.75 Å². The number of carboxylic acids is 1. The number of carboxylic acid groups (broad SMARTS) is 1. The zero-order valence-corrected chi connectivity index (χ0v) is 13.1. The molecule has 2 N–H and O–H groups in total. The molecule has 2 aromatic carbocycles. The van der Waals surface area contributed by atoms with Crippen molar-refractivity contribution in [3.05, 3.63) is 59.7 Å². The average molecular weight is 313 g/mol. The van der Waals surface area contributed by atoms with E-state index in [9.17, 15) is 9.59 Å². The molecule has 2 aromatic rings. The Hall–Kier alpha value is -2.82. The van der Waals surface area contributed by atoms with E-state index in [1.54, 1.807) is 36.4 Å². The second-order valence-electron chi connectivity index (χ2n) is 5.20. The Morgan fingerprint density at radius 3 is 2.13 bits per heavy atom. The molecule has 5 heteroatoms. The highest BCUT2D eigenvalue weighted by Gasteiger charge is 2.08. The van der Waals surface area contributed by atoms with Crippen LogP contribution in [0.3, 0.4) is 0 Å². The maximum absolute atomic E-state index is 12.2. The normalized spacial score (nSPS) is 11.6. The summed E-state index contributed by atoms with van der Waals surface area (Å²) in [5.74, 6) is -0.537. The predicted molar refractivity (Wildman–Crippen MR) is 88.2 cm³/mol. The number of aromatic carboxylic acids is 1. The Balaban J connectivity index is 2.01. The summed E-state index contributed by atoms with van der Waals surface area (Å²) in [7, 11) is 0. The van der Waals surface area contributed by atoms with Gasteiger partial charge in [0, 0.05) is 11.3 Å². The number of anilines is 1. The van der Waals surface area contributed by atoms with Crippen molar-refractivity contribution in [2.75, 3.05) is 5.32 Å². The molecule has 0 aliphatic carbocycles. The first-order chi connectivity index (χ1) is 11.0. The molecule has 0 saturated heterocycles. The largest absolute Gasteiger partial charge is 0.491 e. The quantitative estimate of drug-likeness (QED) is 0.850. The molecule has 2 rings (SSSR count). The van der Waals surface area contributed by atoms with Crippen molar-refractivity contribution in [1.82, 2.24) is 0 Å². The van der Waals surface area contributed by atoms with Gasteiger partial charge in [-0.3, -0.25) is 4.79 Å². The Morgan fingerprint density at radius 1 is 1.04 bits per heavy atom. The lowest BCUT2D eigenvalue weighted by molar-refractivity contribution is 0.0696. The average Bonchev–Trinajstić information content (AvgIpc) is 2.55. The summed E-state index contributed by atoms with van der Waals surface area (Å²) in [6.07, 6.45) is 1.04. The van der Waals surface area contributed by atoms with Crippen LogP contribution in [0.1, 0.15) is 41.0 Å². The summed E-state index contributed by atoms with van der Waals surface area (Å²) >= 11 is 0. The number of carbonyl (C=O) groups excluding carboxylic acids is 1. The highest BCUT2D eigenvalue weighted by atomic mass is 16.5. The van der Waals surface area contributed by atoms with Crippen molar-refractivity contribution in [3.8, 4) is 5.75 Å². The molecular formula is C18H19NO4. The number of nitrogens with one attached hydrogen (secondary N) is 1. The van der Waals surface area contributed by atoms with Crippen LogP contribution in [0, 0.1) is 0 Å². The number of ether oxygens (including phenoxy) is 1. The van der Waals surface area contributed by atoms with E-state index in [-0.39, 0.29) is 17.6 Å². The molecule has 0 spiro atoms. The Bertz CT molecular complexity index is 677. The molecule has 1 atom stereocenters. The summed E-state index contributed by atoms with van der Waals surface area (Å²) in [5, 5.41) is 11.6. The van der Waals surface area contributed by atoms with Gasteiger partial charge in [0.25, 0.3) is 5.91 Å². The van der Waals surface area contributed by atoms with Crippen molar-refractivity contribution in [3.63, 3.8) is 0 Å². The number of amides is 1. The van der Waals surface area contributed by atoms with E-state index < -0.39 is 5.97 Å². The first-order valence-corrected chi connectivity index (χ1v) is 7.41. The van der Waals surface area contributed by atoms with Gasteiger partial charge in [0.2, 0.25) is 0 Å². The first kappa shape index (κ1) is 16.5. The van der Waals surface area contributed by atoms with Gasteiger partial charge in [-0.05, 0) is 61.9 Å². The molecule has 0 saturated carbocycles. The highest BCUT2D eigenvalue weighted by Crippen LogP contribution is 2.16. The van der Waals surface area contributed by atoms with Crippen molar-refractivity contribution in [1.29, 1.82) is 0 Å². The van der Waals surface area contributed by atoms with Crippen LogP contribution in [0.25, 0.3) is 0 Å². The smallest absolute Gasteiger partial charge is 0.335 e. The summed E-state index contributed by atoms with van der Waals surface area (Å²) in [6, 6.07) is 12.9. The fourth-order valence-electron chi connectivity index (χ4n) is 1.90. The molecule has 0 aliphatic rings. The van der Waals surface area contributed by atoms with Crippen LogP contribution in [-0.4, -0.2) is 23.1 Å². The topological polar surface area (TPSA) is 75.6 Å². The number of hydrogen-bond donors (Lipinski definition) is 2. The molecule has 120 valence electrons. The Morgan fingerprint density at radius 2 is 1.61 bits per heavy atom. The third-order valence-corrected chi connectivity index (χ3v) is 3.42. The van der Waals surface area contributed by atoms with E-state index >= 15 is 0 Å². The lowest BCUT2D eigenvalue weighted by Crippen LogP contribution is -2.13. The minimum Gasteiger partial charge on any atom is -0.491 e. The van der Waals surface area contributed by atoms with Crippen molar-refractivity contribution < 1.29 is 19.4 Å². The number of rotatable bonds is 6. The molecule has 0 heterocycles. The maximum atomic E-state index is 12.2. The van der Waals surface area contributed by atoms with Gasteiger partial charge in [-0.2, -0.15) is 0 Å². The molecule has 23 heavy (non-hydrogen) atoms. The van der Waals surface area contributed by atoms with Crippen LogP contribution >= 0.6 is 0 Å². The first-order valence-electron chi connectivity index (χ1n) is 7.41. The molecule has 0 fully saturated rings. The molecule has 0 unspecified atom stereocenters. The molecule has 1 amide bonds. The van der Waals surface area contributed by atoms with Crippen LogP contribution in [0.2, 0.25) is 0 Å². The summed E-state index contributed by atoms with van der Waals surface area (Å²) in [5.41, 5.74) is 1.22. The Kier molecular flexibility index (Phi) is 5.36. The van der Waals surface area contributed by atoms with Gasteiger partial charge >= 0.3 is 5.97 Å². The van der Waals surface area contributed by atoms with Crippen LogP contribution in [0.4, 0.5) is 5.69 Å². The third kappa shape index (κ3) is 4.57. The number of carbonyl (C=O) groups is 2. The van der Waals surface area contributed by atoms with Gasteiger partial charge in [0.1, 0.15) is 5.75 Å². The van der Waals surface area contributed by atoms with Gasteiger partial charge in [-0.25, -0.2) is 4.79 Å². The minimum atomic E-state index is -1.00. The van der Waals surface area contributed by atoms with E-state index in [1.807, 2.05) is 13.8 Å². The fourth-order valence-corrected chi connectivity index (χ4v) is 1.90. The lowest BCUT2D eigenvalue weighted by Gasteiger charge is -2.12. The maximum Gasteiger partial charge on any atom is 0.335 e. The molecule has 0 aromatic heterocycles. The fraction of sp³-hybridized carbons (Fsp3) is 0.222. The second-order valence-corrected chi connectivity index (χ2v) is 5.20. The van der Waals surface area contributed by atoms with E-state index in [1.165, 1.54) is 12.1 Å². The van der Waals surface area contributed by atoms with Gasteiger partial charge in [-0.15, -0.1) is 0 Å². The minimum absolute atomic E-state index is 0.127. The second kappa shape index (κ2) is 7.45. The molecular weight excluding hydrogens is 294 g/mol. The van der Waals surface area contributed by atoms with Crippen molar-refractivity contribution in [2.24, 2.45) is 0 Å². The molecule has 0 bridgehead atoms. The van der Waals surface area contributed by atoms with Gasteiger partial charge in [0.05, 0.1) is 11.7 Å². The lowest BCUT2D eigenvalue weighted by atomic mass is 10.1. The van der Waals surface area contributed by atoms with Crippen LogP contribution in [-0.2, 0) is 0 Å². The van der Waals surface area contributed by atoms with Crippen molar-refractivity contribution in [2.45, 2.75) is 26.4 Å². The zero-order valence-electron chi connectivity index (χ0n) is 13.1. The predicted octanol–water partition coefficient (Wildman–Crippen LogP) is 3.81. The zero-order chi connectivity index (χ0) is 16.8. The molecule has 0 aliphatic heterocycles. The standard InChI is InChI=1S/C18H19NO4/c1-3-12(2)23-16-10-6-13(7-11-16)17(20)19-15-8-4-14(5-9-15)18(21)22/h4-12H,3H2,1-2H3,(H,19,20)(H,21,22)/t12-/m0/s1. The van der Waals surface area contributed by atoms with Gasteiger partial charge in [-0.1, -0.05) is 6.92 Å². The van der Waals surface area contributed by atoms with Gasteiger partial charge in [0.15, 0.2) is 0 Å². The summed E-state index contributed by atoms with van der Waals surface area (Å²) in [4.78, 5) is 22.9. The molecule has 0 radical (unpaired) electrons. The molecule has 5 nitrogen and oxygen atoms in total. The van der Waals surface area contributed by atoms with Crippen LogP contribution in [0.15, 0.2) is 48.5 Å². The summed E-state index contributed by atoms with van der Waals surface area (Å²) < 4.78 is 5.66. The SMILES string of the molecule is CC[C@H](C)Oc1ccc(C(=O)Nc2ccc(C(=O)O)cc2)cc1. The van der Waals surface area contributed by atoms with E-state index in [0.717, 1.165) is 12.2 Å². The monoisotopic (exact) mass is 313 g/mol. The van der Waals surface area contributed by atoms with E-state index in [4.69, 9.17) is 9.84 Å². The number of benzene rings is 2. The highest BCUT2D eigenvalue weighted by molar-refractivity contribution is 6.04. The van der Waals surface area contributed by atoms with E-state index in [2.05, 4.69) is 5.32 Å².